The number of benzene rings is 1. The number of hydrogen-bond donors (Lipinski definition) is 2. The average Bonchev–Trinajstić information content (AvgIpc) is 3.71. The van der Waals surface area contributed by atoms with E-state index in [2.05, 4.69) is 42.5 Å². The fourth-order valence-electron chi connectivity index (χ4n) is 8.79. The van der Waals surface area contributed by atoms with Crippen LogP contribution in [0.5, 0.6) is 0 Å². The highest BCUT2D eigenvalue weighted by Crippen LogP contribution is 2.32. The summed E-state index contributed by atoms with van der Waals surface area (Å²) in [5, 5.41) is 6.40. The van der Waals surface area contributed by atoms with Crippen molar-refractivity contribution in [3.05, 3.63) is 75.8 Å². The van der Waals surface area contributed by atoms with E-state index in [1.807, 2.05) is 30.5 Å². The lowest BCUT2D eigenvalue weighted by molar-refractivity contribution is -0.120. The Kier molecular flexibility index (Phi) is 10.1. The summed E-state index contributed by atoms with van der Waals surface area (Å²) in [6.07, 6.45) is 9.97. The zero-order valence-corrected chi connectivity index (χ0v) is 31.1. The number of amides is 3. The first-order valence-corrected chi connectivity index (χ1v) is 19.3. The molecule has 6 heterocycles. The molecule has 4 fully saturated rings. The van der Waals surface area contributed by atoms with E-state index < -0.39 is 0 Å². The van der Waals surface area contributed by atoms with Crippen molar-refractivity contribution in [1.29, 1.82) is 0 Å². The van der Waals surface area contributed by atoms with E-state index in [1.165, 1.54) is 6.92 Å². The Morgan fingerprint density at radius 2 is 1.63 bits per heavy atom. The summed E-state index contributed by atoms with van der Waals surface area (Å²) in [5.74, 6) is 0.528. The number of fused-ring (bicyclic) bond motifs is 1. The zero-order valence-electron chi connectivity index (χ0n) is 31.1. The molecule has 0 bridgehead atoms. The second-order valence-corrected chi connectivity index (χ2v) is 15.0. The van der Waals surface area contributed by atoms with Crippen molar-refractivity contribution in [2.24, 2.45) is 0 Å². The highest BCUT2D eigenvalue weighted by Gasteiger charge is 2.30. The largest absolute Gasteiger partial charge is 0.370 e. The molecule has 3 amide bonds. The summed E-state index contributed by atoms with van der Waals surface area (Å²) in [4.78, 5) is 73.4. The molecule has 1 saturated carbocycles. The van der Waals surface area contributed by atoms with Gasteiger partial charge in [0.1, 0.15) is 11.5 Å². The lowest BCUT2D eigenvalue weighted by Crippen LogP contribution is -2.53. The molecule has 4 aliphatic rings. The number of Topliss-reactive ketones (excluding diaryl/α,β-unsaturated/α-hetero) is 1. The monoisotopic (exact) mass is 732 g/mol. The number of carbonyl (C=O) groups is 3. The second-order valence-electron chi connectivity index (χ2n) is 15.0. The van der Waals surface area contributed by atoms with E-state index in [9.17, 15) is 19.2 Å². The number of imide groups is 1. The van der Waals surface area contributed by atoms with E-state index in [1.54, 1.807) is 22.6 Å². The summed E-state index contributed by atoms with van der Waals surface area (Å²) in [6, 6.07) is 12.3. The minimum Gasteiger partial charge on any atom is -0.370 e. The molecule has 3 saturated heterocycles. The van der Waals surface area contributed by atoms with Crippen LogP contribution < -0.4 is 26.0 Å². The van der Waals surface area contributed by atoms with Gasteiger partial charge in [-0.15, -0.1) is 0 Å². The van der Waals surface area contributed by atoms with Crippen molar-refractivity contribution in [3.8, 4) is 0 Å². The van der Waals surface area contributed by atoms with Crippen LogP contribution in [0.4, 0.5) is 27.9 Å². The van der Waals surface area contributed by atoms with Crippen molar-refractivity contribution in [3.63, 3.8) is 0 Å². The third-order valence-electron chi connectivity index (χ3n) is 11.7. The SMILES string of the molecule is CC(=O)c1c(C)c2cnc(Nc3ccc(N4CCC(N5CCN(Cc6ccccc6N6CCC(=O)NC6=O)CC5)CC4)cn3)nc2n(C2CCCC2)c1=O. The van der Waals surface area contributed by atoms with Gasteiger partial charge in [-0.25, -0.2) is 14.8 Å². The Morgan fingerprint density at radius 1 is 0.870 bits per heavy atom. The van der Waals surface area contributed by atoms with E-state index in [0.29, 0.717) is 42.0 Å². The van der Waals surface area contributed by atoms with E-state index in [0.717, 1.165) is 107 Å². The molecule has 14 heteroatoms. The van der Waals surface area contributed by atoms with Crippen molar-refractivity contribution < 1.29 is 14.4 Å². The third kappa shape index (κ3) is 7.19. The number of piperazine rings is 1. The summed E-state index contributed by atoms with van der Waals surface area (Å²) in [6.45, 7) is 10.3. The van der Waals surface area contributed by atoms with Crippen LogP contribution in [0.3, 0.4) is 0 Å². The molecular weight excluding hydrogens is 685 g/mol. The molecule has 282 valence electrons. The van der Waals surface area contributed by atoms with Crippen molar-refractivity contribution in [2.45, 2.75) is 77.4 Å². The normalized spacial score (nSPS) is 19.4. The predicted molar refractivity (Wildman–Crippen MR) is 208 cm³/mol. The molecule has 1 aromatic carbocycles. The number of nitrogens with one attached hydrogen (secondary N) is 2. The van der Waals surface area contributed by atoms with Gasteiger partial charge >= 0.3 is 6.03 Å². The quantitative estimate of drug-likeness (QED) is 0.229. The lowest BCUT2D eigenvalue weighted by atomic mass is 10.0. The number of rotatable bonds is 9. The summed E-state index contributed by atoms with van der Waals surface area (Å²) in [5.41, 5.74) is 4.21. The number of nitrogens with zero attached hydrogens (tertiary/aromatic N) is 8. The van der Waals surface area contributed by atoms with Gasteiger partial charge in [0.05, 0.1) is 17.4 Å². The third-order valence-corrected chi connectivity index (χ3v) is 11.7. The van der Waals surface area contributed by atoms with Gasteiger partial charge in [-0.3, -0.25) is 39.0 Å². The first-order valence-electron chi connectivity index (χ1n) is 19.3. The molecule has 1 aliphatic carbocycles. The Labute approximate surface area is 314 Å². The molecule has 3 aromatic heterocycles. The lowest BCUT2D eigenvalue weighted by Gasteiger charge is -2.43. The Hall–Kier alpha value is -5.21. The molecular formula is C40H48N10O4. The van der Waals surface area contributed by atoms with Gasteiger partial charge in [-0.05, 0) is 68.9 Å². The summed E-state index contributed by atoms with van der Waals surface area (Å²) in [7, 11) is 0. The standard InChI is InChI=1S/C40H48N10O4/c1-26-32-24-42-39(45-37(32)50(30-8-4-5-9-30)38(53)36(26)27(2)51)43-34-12-11-31(23-41-34)47-16-13-29(14-17-47)48-21-19-46(20-22-48)25-28-7-3-6-10-33(28)49-18-15-35(52)44-40(49)54/h3,6-7,10-12,23-24,29-30H,4-5,8-9,13-22,25H2,1-2H3,(H,44,52,54)(H,41,42,43,45). The average molecular weight is 733 g/mol. The maximum absolute atomic E-state index is 13.6. The van der Waals surface area contributed by atoms with Gasteiger partial charge in [0.25, 0.3) is 5.56 Å². The summed E-state index contributed by atoms with van der Waals surface area (Å²) < 4.78 is 1.73. The van der Waals surface area contributed by atoms with Crippen LogP contribution in [0.15, 0.2) is 53.6 Å². The number of aromatic nitrogens is 4. The topological polar surface area (TPSA) is 149 Å². The Morgan fingerprint density at radius 3 is 2.33 bits per heavy atom. The van der Waals surface area contributed by atoms with E-state index in [-0.39, 0.29) is 34.9 Å². The predicted octanol–water partition coefficient (Wildman–Crippen LogP) is 4.79. The number of para-hydroxylation sites is 1. The van der Waals surface area contributed by atoms with Crippen LogP contribution in [0.2, 0.25) is 0 Å². The van der Waals surface area contributed by atoms with Gasteiger partial charge in [-0.2, -0.15) is 4.98 Å². The van der Waals surface area contributed by atoms with Gasteiger partial charge in [0.15, 0.2) is 5.78 Å². The number of hydrogen-bond acceptors (Lipinski definition) is 11. The van der Waals surface area contributed by atoms with Gasteiger partial charge in [0, 0.05) is 88.1 Å². The molecule has 0 unspecified atom stereocenters. The molecule has 54 heavy (non-hydrogen) atoms. The highest BCUT2D eigenvalue weighted by atomic mass is 16.2. The molecule has 3 aliphatic heterocycles. The van der Waals surface area contributed by atoms with Crippen molar-refractivity contribution in [1.82, 2.24) is 34.6 Å². The molecule has 14 nitrogen and oxygen atoms in total. The molecule has 0 radical (unpaired) electrons. The van der Waals surface area contributed by atoms with Crippen molar-refractivity contribution >= 4 is 51.9 Å². The number of piperidine rings is 1. The second kappa shape index (κ2) is 15.3. The van der Waals surface area contributed by atoms with Crippen LogP contribution >= 0.6 is 0 Å². The van der Waals surface area contributed by atoms with Crippen LogP contribution in [0, 0.1) is 6.92 Å². The van der Waals surface area contributed by atoms with Gasteiger partial charge in [0.2, 0.25) is 11.9 Å². The number of anilines is 4. The summed E-state index contributed by atoms with van der Waals surface area (Å²) >= 11 is 0. The number of aryl methyl sites for hydroxylation is 1. The first-order chi connectivity index (χ1) is 26.2. The van der Waals surface area contributed by atoms with Crippen LogP contribution in [0.25, 0.3) is 11.0 Å². The van der Waals surface area contributed by atoms with Gasteiger partial charge in [-0.1, -0.05) is 31.0 Å². The molecule has 8 rings (SSSR count). The number of urea groups is 1. The van der Waals surface area contributed by atoms with Crippen LogP contribution in [0.1, 0.15) is 79.4 Å². The maximum atomic E-state index is 13.6. The number of pyridine rings is 2. The van der Waals surface area contributed by atoms with Crippen molar-refractivity contribution in [2.75, 3.05) is 60.9 Å². The molecule has 4 aromatic rings. The Bertz CT molecular complexity index is 2110. The zero-order chi connectivity index (χ0) is 37.3. The first kappa shape index (κ1) is 35.8. The van der Waals surface area contributed by atoms with Crippen LogP contribution in [-0.4, -0.2) is 98.9 Å². The Balaban J connectivity index is 0.859. The molecule has 0 spiro atoms. The minimum atomic E-state index is -0.344. The fraction of sp³-hybridized carbons (Fsp3) is 0.475. The van der Waals surface area contributed by atoms with E-state index in [4.69, 9.17) is 9.97 Å². The van der Waals surface area contributed by atoms with Gasteiger partial charge < -0.3 is 10.2 Å². The maximum Gasteiger partial charge on any atom is 0.328 e. The van der Waals surface area contributed by atoms with E-state index >= 15 is 0 Å². The molecule has 2 N–H and O–H groups in total. The fourth-order valence-corrected chi connectivity index (χ4v) is 8.79. The molecule has 0 atom stereocenters. The smallest absolute Gasteiger partial charge is 0.328 e. The highest BCUT2D eigenvalue weighted by molar-refractivity contribution is 6.06. The number of carbonyl (C=O) groups excluding carboxylic acids is 3. The number of ketones is 1. The van der Waals surface area contributed by atoms with Crippen LogP contribution in [-0.2, 0) is 11.3 Å². The minimum absolute atomic E-state index is 0.0211.